The summed E-state index contributed by atoms with van der Waals surface area (Å²) in [6, 6.07) is 15.6. The maximum Gasteiger partial charge on any atom is 0.243 e. The van der Waals surface area contributed by atoms with E-state index in [9.17, 15) is 9.59 Å². The SMILES string of the molecule is Cc1cccc(NC(=O)CN(C)C(=O)CCc2cnn(-c3ccccc3)c2)c1C. The summed E-state index contributed by atoms with van der Waals surface area (Å²) in [6.45, 7) is 3.99. The lowest BCUT2D eigenvalue weighted by atomic mass is 10.1. The van der Waals surface area contributed by atoms with Gasteiger partial charge in [0.05, 0.1) is 18.4 Å². The Bertz CT molecular complexity index is 995. The number of hydrogen-bond acceptors (Lipinski definition) is 3. The molecule has 0 spiro atoms. The summed E-state index contributed by atoms with van der Waals surface area (Å²) in [4.78, 5) is 26.2. The lowest BCUT2D eigenvalue weighted by Gasteiger charge is -2.17. The van der Waals surface area contributed by atoms with Crippen molar-refractivity contribution in [2.75, 3.05) is 18.9 Å². The second-order valence-electron chi connectivity index (χ2n) is 7.17. The van der Waals surface area contributed by atoms with Gasteiger partial charge in [-0.3, -0.25) is 9.59 Å². The van der Waals surface area contributed by atoms with Crippen LogP contribution in [-0.4, -0.2) is 40.1 Å². The Kier molecular flexibility index (Phi) is 6.44. The standard InChI is InChI=1S/C23H26N4O2/c1-17-8-7-11-21(18(17)2)25-22(28)16-26(3)23(29)13-12-19-14-24-27(15-19)20-9-5-4-6-10-20/h4-11,14-15H,12-13,16H2,1-3H3,(H,25,28). The van der Waals surface area contributed by atoms with Crippen LogP contribution in [0.25, 0.3) is 5.69 Å². The molecule has 150 valence electrons. The summed E-state index contributed by atoms with van der Waals surface area (Å²) < 4.78 is 1.79. The molecule has 3 rings (SSSR count). The van der Waals surface area contributed by atoms with Crippen LogP contribution in [0.3, 0.4) is 0 Å². The number of hydrogen-bond donors (Lipinski definition) is 1. The third kappa shape index (κ3) is 5.31. The Morgan fingerprint density at radius 3 is 2.59 bits per heavy atom. The van der Waals surface area contributed by atoms with E-state index in [1.165, 1.54) is 4.90 Å². The van der Waals surface area contributed by atoms with Crippen LogP contribution in [0.5, 0.6) is 0 Å². The Morgan fingerprint density at radius 2 is 1.83 bits per heavy atom. The second-order valence-corrected chi connectivity index (χ2v) is 7.17. The van der Waals surface area contributed by atoms with Crippen LogP contribution in [0, 0.1) is 13.8 Å². The van der Waals surface area contributed by atoms with Crippen molar-refractivity contribution in [2.45, 2.75) is 26.7 Å². The van der Waals surface area contributed by atoms with Crippen molar-refractivity contribution in [3.05, 3.63) is 77.6 Å². The first-order valence-electron chi connectivity index (χ1n) is 9.63. The van der Waals surface area contributed by atoms with E-state index in [1.807, 2.05) is 68.6 Å². The summed E-state index contributed by atoms with van der Waals surface area (Å²) in [5.74, 6) is -0.278. The smallest absolute Gasteiger partial charge is 0.243 e. The summed E-state index contributed by atoms with van der Waals surface area (Å²) in [5.41, 5.74) is 4.89. The fourth-order valence-corrected chi connectivity index (χ4v) is 3.03. The van der Waals surface area contributed by atoms with Gasteiger partial charge in [-0.2, -0.15) is 5.10 Å². The summed E-state index contributed by atoms with van der Waals surface area (Å²) in [5, 5.41) is 7.23. The molecule has 0 aliphatic carbocycles. The van der Waals surface area contributed by atoms with Crippen molar-refractivity contribution in [3.63, 3.8) is 0 Å². The predicted octanol–water partition coefficient (Wildman–Crippen LogP) is 3.52. The highest BCUT2D eigenvalue weighted by Gasteiger charge is 2.14. The van der Waals surface area contributed by atoms with Gasteiger partial charge in [0.1, 0.15) is 0 Å². The second kappa shape index (κ2) is 9.19. The number of benzene rings is 2. The van der Waals surface area contributed by atoms with Crippen LogP contribution >= 0.6 is 0 Å². The lowest BCUT2D eigenvalue weighted by molar-refractivity contribution is -0.133. The molecule has 0 saturated carbocycles. The number of nitrogens with one attached hydrogen (secondary N) is 1. The number of anilines is 1. The van der Waals surface area contributed by atoms with Crippen molar-refractivity contribution in [2.24, 2.45) is 0 Å². The van der Waals surface area contributed by atoms with Gasteiger partial charge in [-0.1, -0.05) is 30.3 Å². The summed E-state index contributed by atoms with van der Waals surface area (Å²) >= 11 is 0. The number of para-hydroxylation sites is 1. The first kappa shape index (κ1) is 20.3. The van der Waals surface area contributed by atoms with Crippen LogP contribution in [0.1, 0.15) is 23.1 Å². The number of aryl methyl sites for hydroxylation is 2. The number of amides is 2. The third-order valence-corrected chi connectivity index (χ3v) is 4.97. The molecule has 3 aromatic rings. The molecular formula is C23H26N4O2. The average molecular weight is 390 g/mol. The third-order valence-electron chi connectivity index (χ3n) is 4.97. The molecule has 6 heteroatoms. The molecule has 1 aromatic heterocycles. The van der Waals surface area contributed by atoms with Crippen LogP contribution in [-0.2, 0) is 16.0 Å². The molecule has 29 heavy (non-hydrogen) atoms. The largest absolute Gasteiger partial charge is 0.336 e. The van der Waals surface area contributed by atoms with E-state index in [4.69, 9.17) is 0 Å². The van der Waals surface area contributed by atoms with E-state index in [0.29, 0.717) is 12.8 Å². The van der Waals surface area contributed by atoms with Crippen molar-refractivity contribution in [1.29, 1.82) is 0 Å². The minimum absolute atomic E-state index is 0.0233. The Labute approximate surface area is 171 Å². The van der Waals surface area contributed by atoms with Crippen LogP contribution < -0.4 is 5.32 Å². The van der Waals surface area contributed by atoms with E-state index in [1.54, 1.807) is 17.9 Å². The molecule has 0 saturated heterocycles. The van der Waals surface area contributed by atoms with Gasteiger partial charge in [0, 0.05) is 25.4 Å². The normalized spacial score (nSPS) is 10.6. The van der Waals surface area contributed by atoms with E-state index in [-0.39, 0.29) is 18.4 Å². The minimum Gasteiger partial charge on any atom is -0.336 e. The van der Waals surface area contributed by atoms with Gasteiger partial charge >= 0.3 is 0 Å². The zero-order valence-corrected chi connectivity index (χ0v) is 17.1. The maximum atomic E-state index is 12.4. The highest BCUT2D eigenvalue weighted by Crippen LogP contribution is 2.18. The van der Waals surface area contributed by atoms with Crippen molar-refractivity contribution >= 4 is 17.5 Å². The van der Waals surface area contributed by atoms with Crippen LogP contribution in [0.2, 0.25) is 0 Å². The molecule has 0 bridgehead atoms. The highest BCUT2D eigenvalue weighted by molar-refractivity contribution is 5.95. The molecule has 2 amide bonds. The van der Waals surface area contributed by atoms with Gasteiger partial charge in [-0.05, 0) is 55.2 Å². The molecule has 0 unspecified atom stereocenters. The molecule has 6 nitrogen and oxygen atoms in total. The maximum absolute atomic E-state index is 12.4. The Balaban J connectivity index is 1.50. The van der Waals surface area contributed by atoms with Gasteiger partial charge in [-0.25, -0.2) is 4.68 Å². The number of rotatable bonds is 7. The zero-order valence-electron chi connectivity index (χ0n) is 17.1. The van der Waals surface area contributed by atoms with Crippen LogP contribution in [0.4, 0.5) is 5.69 Å². The molecule has 0 atom stereocenters. The summed E-state index contributed by atoms with van der Waals surface area (Å²) in [7, 11) is 1.65. The van der Waals surface area contributed by atoms with E-state index in [0.717, 1.165) is 28.1 Å². The molecule has 0 fully saturated rings. The molecule has 2 aromatic carbocycles. The predicted molar refractivity (Wildman–Crippen MR) is 114 cm³/mol. The van der Waals surface area contributed by atoms with Crippen LogP contribution in [0.15, 0.2) is 60.9 Å². The first-order chi connectivity index (χ1) is 13.9. The number of carbonyl (C=O) groups excluding carboxylic acids is 2. The number of carbonyl (C=O) groups is 2. The Morgan fingerprint density at radius 1 is 1.07 bits per heavy atom. The van der Waals surface area contributed by atoms with E-state index >= 15 is 0 Å². The number of likely N-dealkylation sites (N-methyl/N-ethyl adjacent to an activating group) is 1. The van der Waals surface area contributed by atoms with Crippen molar-refractivity contribution in [3.8, 4) is 5.69 Å². The van der Waals surface area contributed by atoms with Gasteiger partial charge in [0.2, 0.25) is 11.8 Å². The summed E-state index contributed by atoms with van der Waals surface area (Å²) in [6.07, 6.45) is 4.60. The number of nitrogens with zero attached hydrogens (tertiary/aromatic N) is 3. The molecule has 1 heterocycles. The number of aromatic nitrogens is 2. The Hall–Kier alpha value is -3.41. The molecular weight excluding hydrogens is 364 g/mol. The molecule has 1 N–H and O–H groups in total. The van der Waals surface area contributed by atoms with E-state index < -0.39 is 0 Å². The van der Waals surface area contributed by atoms with E-state index in [2.05, 4.69) is 10.4 Å². The zero-order chi connectivity index (χ0) is 20.8. The van der Waals surface area contributed by atoms with Gasteiger partial charge in [-0.15, -0.1) is 0 Å². The van der Waals surface area contributed by atoms with Crippen molar-refractivity contribution < 1.29 is 9.59 Å². The molecule has 0 radical (unpaired) electrons. The highest BCUT2D eigenvalue weighted by atomic mass is 16.2. The lowest BCUT2D eigenvalue weighted by Crippen LogP contribution is -2.35. The topological polar surface area (TPSA) is 67.2 Å². The first-order valence-corrected chi connectivity index (χ1v) is 9.63. The van der Waals surface area contributed by atoms with Gasteiger partial charge in [0.15, 0.2) is 0 Å². The van der Waals surface area contributed by atoms with Gasteiger partial charge < -0.3 is 10.2 Å². The monoisotopic (exact) mass is 390 g/mol. The fourth-order valence-electron chi connectivity index (χ4n) is 3.03. The molecule has 0 aliphatic heterocycles. The average Bonchev–Trinajstić information content (AvgIpc) is 3.19. The molecule has 0 aliphatic rings. The quantitative estimate of drug-likeness (QED) is 0.671. The minimum atomic E-state index is -0.202. The fraction of sp³-hybridized carbons (Fsp3) is 0.261. The van der Waals surface area contributed by atoms with Crippen molar-refractivity contribution in [1.82, 2.24) is 14.7 Å². The van der Waals surface area contributed by atoms with Gasteiger partial charge in [0.25, 0.3) is 0 Å².